The molecule has 3 atom stereocenters. The Bertz CT molecular complexity index is 375. The molecule has 2 saturated carbocycles. The molecule has 1 saturated heterocycles. The third-order valence-electron chi connectivity index (χ3n) is 6.57. The van der Waals surface area contributed by atoms with Crippen LogP contribution in [-0.4, -0.2) is 42.3 Å². The number of rotatable bonds is 5. The molecule has 0 spiro atoms. The first-order valence-corrected chi connectivity index (χ1v) is 9.01. The van der Waals surface area contributed by atoms with E-state index in [0.717, 1.165) is 25.6 Å². The Morgan fingerprint density at radius 2 is 1.86 bits per heavy atom. The number of hydrogen-bond acceptors (Lipinski definition) is 3. The minimum atomic E-state index is -0.0638. The van der Waals surface area contributed by atoms with Gasteiger partial charge in [-0.15, -0.1) is 0 Å². The quantitative estimate of drug-likeness (QED) is 0.847. The molecule has 1 heterocycles. The van der Waals surface area contributed by atoms with Gasteiger partial charge in [0.05, 0.1) is 6.10 Å². The molecular formula is C18H34N2O. The molecule has 0 aromatic heterocycles. The normalized spacial score (nSPS) is 39.0. The molecule has 0 radical (unpaired) electrons. The summed E-state index contributed by atoms with van der Waals surface area (Å²) in [5.41, 5.74) is 7.04. The summed E-state index contributed by atoms with van der Waals surface area (Å²) in [7, 11) is 0. The van der Waals surface area contributed by atoms with Crippen LogP contribution in [0.1, 0.15) is 59.8 Å². The number of hydrogen-bond donors (Lipinski definition) is 1. The smallest absolute Gasteiger partial charge is 0.0691 e. The largest absolute Gasteiger partial charge is 0.377 e. The van der Waals surface area contributed by atoms with Gasteiger partial charge in [-0.05, 0) is 25.2 Å². The second kappa shape index (κ2) is 5.50. The van der Waals surface area contributed by atoms with Crippen molar-refractivity contribution in [2.45, 2.75) is 77.5 Å². The first-order valence-electron chi connectivity index (χ1n) is 9.01. The van der Waals surface area contributed by atoms with Crippen molar-refractivity contribution >= 4 is 0 Å². The molecule has 3 aliphatic rings. The second-order valence-corrected chi connectivity index (χ2v) is 8.71. The van der Waals surface area contributed by atoms with E-state index in [1.807, 2.05) is 0 Å². The molecule has 3 nitrogen and oxygen atoms in total. The first kappa shape index (κ1) is 15.8. The molecule has 3 rings (SSSR count). The van der Waals surface area contributed by atoms with Crippen molar-refractivity contribution in [1.29, 1.82) is 0 Å². The number of nitrogens with zero attached hydrogens (tertiary/aromatic N) is 1. The van der Waals surface area contributed by atoms with Crippen LogP contribution in [0.15, 0.2) is 0 Å². The Morgan fingerprint density at radius 3 is 2.48 bits per heavy atom. The maximum atomic E-state index is 6.99. The zero-order valence-electron chi connectivity index (χ0n) is 14.4. The van der Waals surface area contributed by atoms with Gasteiger partial charge >= 0.3 is 0 Å². The van der Waals surface area contributed by atoms with Gasteiger partial charge in [-0.1, -0.05) is 40.5 Å². The van der Waals surface area contributed by atoms with Crippen molar-refractivity contribution in [3.63, 3.8) is 0 Å². The monoisotopic (exact) mass is 294 g/mol. The highest BCUT2D eigenvalue weighted by atomic mass is 16.5. The van der Waals surface area contributed by atoms with Crippen LogP contribution in [0.3, 0.4) is 0 Å². The summed E-state index contributed by atoms with van der Waals surface area (Å²) in [6.45, 7) is 12.5. The molecule has 3 unspecified atom stereocenters. The van der Waals surface area contributed by atoms with Crippen LogP contribution in [0.5, 0.6) is 0 Å². The van der Waals surface area contributed by atoms with Gasteiger partial charge in [-0.3, -0.25) is 4.90 Å². The van der Waals surface area contributed by atoms with Gasteiger partial charge in [0, 0.05) is 42.6 Å². The summed E-state index contributed by atoms with van der Waals surface area (Å²) in [6.07, 6.45) is 7.09. The van der Waals surface area contributed by atoms with E-state index in [2.05, 4.69) is 32.6 Å². The van der Waals surface area contributed by atoms with Gasteiger partial charge in [0.25, 0.3) is 0 Å². The van der Waals surface area contributed by atoms with E-state index in [9.17, 15) is 0 Å². The Morgan fingerprint density at radius 1 is 1.19 bits per heavy atom. The van der Waals surface area contributed by atoms with Gasteiger partial charge in [0.2, 0.25) is 0 Å². The van der Waals surface area contributed by atoms with E-state index >= 15 is 0 Å². The summed E-state index contributed by atoms with van der Waals surface area (Å²) in [4.78, 5) is 2.73. The predicted octanol–water partition coefficient (Wildman–Crippen LogP) is 3.03. The van der Waals surface area contributed by atoms with Crippen LogP contribution in [0.2, 0.25) is 0 Å². The Hall–Kier alpha value is -0.120. The van der Waals surface area contributed by atoms with Crippen molar-refractivity contribution in [3.05, 3.63) is 0 Å². The van der Waals surface area contributed by atoms with Crippen LogP contribution < -0.4 is 5.73 Å². The molecule has 0 amide bonds. The van der Waals surface area contributed by atoms with E-state index in [1.165, 1.54) is 32.2 Å². The fourth-order valence-corrected chi connectivity index (χ4v) is 5.21. The van der Waals surface area contributed by atoms with Gasteiger partial charge in [0.15, 0.2) is 0 Å². The first-order chi connectivity index (χ1) is 9.86. The number of nitrogens with two attached hydrogens (primary N) is 1. The molecule has 0 aromatic rings. The van der Waals surface area contributed by atoms with Gasteiger partial charge < -0.3 is 10.5 Å². The third-order valence-corrected chi connectivity index (χ3v) is 6.57. The van der Waals surface area contributed by atoms with Crippen molar-refractivity contribution in [1.82, 2.24) is 4.90 Å². The molecule has 0 aromatic carbocycles. The fourth-order valence-electron chi connectivity index (χ4n) is 5.21. The highest BCUT2D eigenvalue weighted by molar-refractivity contribution is 5.21. The lowest BCUT2D eigenvalue weighted by Gasteiger charge is -2.64. The highest BCUT2D eigenvalue weighted by Crippen LogP contribution is 2.58. The average Bonchev–Trinajstić information content (AvgIpc) is 3.08. The van der Waals surface area contributed by atoms with Crippen LogP contribution in [0.4, 0.5) is 0 Å². The standard InChI is InChI=1S/C18H34N2O/c1-13(2)11-20(14-7-5-6-8-14)12-18(19)15-9-10-21-16(15)17(18,3)4/h13-16H,5-12,19H2,1-4H3. The Labute approximate surface area is 130 Å². The molecule has 3 fully saturated rings. The summed E-state index contributed by atoms with van der Waals surface area (Å²) in [5, 5.41) is 0. The average molecular weight is 294 g/mol. The zero-order chi connectivity index (χ0) is 15.3. The van der Waals surface area contributed by atoms with Crippen molar-refractivity contribution in [2.24, 2.45) is 23.0 Å². The maximum Gasteiger partial charge on any atom is 0.0691 e. The maximum absolute atomic E-state index is 6.99. The molecule has 0 bridgehead atoms. The van der Waals surface area contributed by atoms with E-state index in [1.54, 1.807) is 0 Å². The Balaban J connectivity index is 1.74. The van der Waals surface area contributed by atoms with Crippen LogP contribution >= 0.6 is 0 Å². The van der Waals surface area contributed by atoms with Crippen molar-refractivity contribution in [3.8, 4) is 0 Å². The minimum Gasteiger partial charge on any atom is -0.377 e. The highest BCUT2D eigenvalue weighted by Gasteiger charge is 2.67. The molecule has 3 heteroatoms. The zero-order valence-corrected chi connectivity index (χ0v) is 14.4. The second-order valence-electron chi connectivity index (χ2n) is 8.71. The molecule has 2 N–H and O–H groups in total. The third kappa shape index (κ3) is 2.46. The summed E-state index contributed by atoms with van der Waals surface area (Å²) < 4.78 is 5.95. The number of fused-ring (bicyclic) bond motifs is 1. The van der Waals surface area contributed by atoms with E-state index in [4.69, 9.17) is 10.5 Å². The van der Waals surface area contributed by atoms with Crippen LogP contribution in [0.25, 0.3) is 0 Å². The molecule has 2 aliphatic carbocycles. The SMILES string of the molecule is CC(C)CN(CC1(N)C2CCOC2C1(C)C)C1CCCC1. The van der Waals surface area contributed by atoms with Crippen LogP contribution in [0, 0.1) is 17.3 Å². The number of ether oxygens (including phenoxy) is 1. The predicted molar refractivity (Wildman–Crippen MR) is 87.2 cm³/mol. The van der Waals surface area contributed by atoms with Gasteiger partial charge in [0.1, 0.15) is 0 Å². The van der Waals surface area contributed by atoms with E-state index in [0.29, 0.717) is 17.9 Å². The lowest BCUT2D eigenvalue weighted by Crippen LogP contribution is -2.78. The fraction of sp³-hybridized carbons (Fsp3) is 1.00. The van der Waals surface area contributed by atoms with E-state index in [-0.39, 0.29) is 11.0 Å². The lowest BCUT2D eigenvalue weighted by atomic mass is 9.48. The van der Waals surface area contributed by atoms with Crippen molar-refractivity contribution < 1.29 is 4.74 Å². The lowest BCUT2D eigenvalue weighted by molar-refractivity contribution is -0.166. The summed E-state index contributed by atoms with van der Waals surface area (Å²) >= 11 is 0. The summed E-state index contributed by atoms with van der Waals surface area (Å²) in [5.74, 6) is 1.29. The molecular weight excluding hydrogens is 260 g/mol. The van der Waals surface area contributed by atoms with Gasteiger partial charge in [-0.2, -0.15) is 0 Å². The van der Waals surface area contributed by atoms with Gasteiger partial charge in [-0.25, -0.2) is 0 Å². The van der Waals surface area contributed by atoms with Crippen LogP contribution in [-0.2, 0) is 4.74 Å². The minimum absolute atomic E-state index is 0.0638. The molecule has 21 heavy (non-hydrogen) atoms. The topological polar surface area (TPSA) is 38.5 Å². The molecule has 1 aliphatic heterocycles. The van der Waals surface area contributed by atoms with Crippen molar-refractivity contribution in [2.75, 3.05) is 19.7 Å². The summed E-state index contributed by atoms with van der Waals surface area (Å²) in [6, 6.07) is 0.769. The Kier molecular flexibility index (Phi) is 4.13. The van der Waals surface area contributed by atoms with E-state index < -0.39 is 0 Å². The molecule has 122 valence electrons.